The van der Waals surface area contributed by atoms with E-state index in [0.29, 0.717) is 102 Å². The number of ether oxygens (including phenoxy) is 6. The highest BCUT2D eigenvalue weighted by Gasteiger charge is 2.35. The molecule has 0 saturated carbocycles. The van der Waals surface area contributed by atoms with Crippen LogP contribution in [0, 0.1) is 11.8 Å². The maximum absolute atomic E-state index is 14.1. The first kappa shape index (κ1) is 68.9. The van der Waals surface area contributed by atoms with Gasteiger partial charge >= 0.3 is 30.0 Å². The predicted octanol–water partition coefficient (Wildman–Crippen LogP) is 6.23. The normalized spacial score (nSPS) is 18.6. The van der Waals surface area contributed by atoms with Gasteiger partial charge in [0.25, 0.3) is 0 Å². The lowest BCUT2D eigenvalue weighted by Gasteiger charge is -2.35. The summed E-state index contributed by atoms with van der Waals surface area (Å²) >= 11 is 0. The second-order valence-corrected chi connectivity index (χ2v) is 27.0. The van der Waals surface area contributed by atoms with Crippen LogP contribution in [0.2, 0.25) is 0 Å². The van der Waals surface area contributed by atoms with Crippen LogP contribution in [0.5, 0.6) is 5.75 Å². The molecule has 0 aromatic carbocycles. The lowest BCUT2D eigenvalue weighted by molar-refractivity contribution is -0.163. The van der Waals surface area contributed by atoms with Crippen molar-refractivity contribution in [2.75, 3.05) is 91.7 Å². The molecule has 3 atom stereocenters. The Balaban J connectivity index is 1.38. The van der Waals surface area contributed by atoms with Crippen LogP contribution in [0.25, 0.3) is 0 Å². The van der Waals surface area contributed by atoms with Gasteiger partial charge in [-0.25, -0.2) is 4.79 Å². The van der Waals surface area contributed by atoms with Crippen LogP contribution in [0.4, 0.5) is 4.79 Å². The molecule has 3 fully saturated rings. The van der Waals surface area contributed by atoms with Gasteiger partial charge in [0.2, 0.25) is 17.7 Å². The summed E-state index contributed by atoms with van der Waals surface area (Å²) in [5.41, 5.74) is -3.03. The van der Waals surface area contributed by atoms with Crippen LogP contribution >= 0.6 is 0 Å². The highest BCUT2D eigenvalue weighted by molar-refractivity contribution is 5.83. The van der Waals surface area contributed by atoms with Crippen molar-refractivity contribution in [3.63, 3.8) is 0 Å². The van der Waals surface area contributed by atoms with Gasteiger partial charge in [0.15, 0.2) is 0 Å². The van der Waals surface area contributed by atoms with Crippen molar-refractivity contribution in [2.45, 2.75) is 202 Å². The number of hydrogen-bond acceptors (Lipinski definition) is 18. The molecule has 0 bridgehead atoms. The molecule has 0 aliphatic carbocycles. The molecule has 3 saturated heterocycles. The average Bonchev–Trinajstić information content (AvgIpc) is 3.44. The summed E-state index contributed by atoms with van der Waals surface area (Å²) in [6.07, 6.45) is 6.46. The van der Waals surface area contributed by atoms with Gasteiger partial charge in [-0.1, -0.05) is 0 Å². The Bertz CT molecular complexity index is 2250. The number of esters is 4. The zero-order chi connectivity index (χ0) is 61.2. The SMILES string of the molecule is CC(C)(C)OC(=O)C[C@H](NC(=O)[C@@H]1CCCN(C(=O)CCC2CCN(C(=O)OC(C)(C)C)CC2)C1)c1cncc(OCCNC(=O)CCC(C(=O)OC(C)(C)C)N2CCN(CC(=O)OC(C)(C)C)CCN(CC(=O)OC(C)(C)C)CC2)c1. The molecule has 1 aromatic rings. The van der Waals surface area contributed by atoms with Gasteiger partial charge in [0.05, 0.1) is 44.2 Å². The van der Waals surface area contributed by atoms with Gasteiger partial charge < -0.3 is 48.9 Å². The van der Waals surface area contributed by atoms with E-state index in [9.17, 15) is 38.4 Å². The second-order valence-electron chi connectivity index (χ2n) is 27.0. The van der Waals surface area contributed by atoms with Crippen molar-refractivity contribution in [1.82, 2.24) is 40.1 Å². The highest BCUT2D eigenvalue weighted by atomic mass is 16.6. The molecule has 1 aromatic heterocycles. The molecule has 4 amide bonds. The van der Waals surface area contributed by atoms with Gasteiger partial charge in [-0.05, 0) is 160 Å². The molecule has 82 heavy (non-hydrogen) atoms. The van der Waals surface area contributed by atoms with Crippen LogP contribution in [0.1, 0.15) is 173 Å². The Morgan fingerprint density at radius 3 is 1.70 bits per heavy atom. The summed E-state index contributed by atoms with van der Waals surface area (Å²) in [4.78, 5) is 121. The number of carbonyl (C=O) groups is 8. The molecule has 4 rings (SSSR count). The third-order valence-electron chi connectivity index (χ3n) is 13.6. The molecular formula is C60H100N8O14. The largest absolute Gasteiger partial charge is 0.490 e. The minimum Gasteiger partial charge on any atom is -0.490 e. The van der Waals surface area contributed by atoms with E-state index >= 15 is 0 Å². The zero-order valence-electron chi connectivity index (χ0n) is 52.2. The number of carbonyl (C=O) groups excluding carboxylic acids is 8. The minimum atomic E-state index is -0.840. The Morgan fingerprint density at radius 2 is 1.15 bits per heavy atom. The fourth-order valence-corrected chi connectivity index (χ4v) is 9.86. The second kappa shape index (κ2) is 30.8. The third-order valence-corrected chi connectivity index (χ3v) is 13.6. The van der Waals surface area contributed by atoms with Crippen molar-refractivity contribution in [1.29, 1.82) is 0 Å². The van der Waals surface area contributed by atoms with E-state index < -0.39 is 69.9 Å². The molecule has 1 unspecified atom stereocenters. The molecular weight excluding hydrogens is 1060 g/mol. The first-order valence-corrected chi connectivity index (χ1v) is 29.5. The molecule has 0 radical (unpaired) electrons. The number of nitrogens with zero attached hydrogens (tertiary/aromatic N) is 6. The van der Waals surface area contributed by atoms with Gasteiger partial charge in [-0.3, -0.25) is 53.2 Å². The Morgan fingerprint density at radius 1 is 0.610 bits per heavy atom. The van der Waals surface area contributed by atoms with Crippen LogP contribution in [0.3, 0.4) is 0 Å². The number of aromatic nitrogens is 1. The lowest BCUT2D eigenvalue weighted by atomic mass is 9.91. The smallest absolute Gasteiger partial charge is 0.410 e. The maximum Gasteiger partial charge on any atom is 0.410 e. The fourth-order valence-electron chi connectivity index (χ4n) is 9.86. The van der Waals surface area contributed by atoms with Crippen LogP contribution in [-0.2, 0) is 57.2 Å². The summed E-state index contributed by atoms with van der Waals surface area (Å²) in [7, 11) is 0. The number of pyridine rings is 1. The minimum absolute atomic E-state index is 0.00441. The van der Waals surface area contributed by atoms with Gasteiger partial charge in [0.1, 0.15) is 46.4 Å². The quantitative estimate of drug-likeness (QED) is 0.0787. The van der Waals surface area contributed by atoms with E-state index in [1.165, 1.54) is 6.20 Å². The van der Waals surface area contributed by atoms with E-state index in [0.717, 1.165) is 12.8 Å². The number of piperidine rings is 2. The Kier molecular flexibility index (Phi) is 25.9. The van der Waals surface area contributed by atoms with Crippen molar-refractivity contribution in [2.24, 2.45) is 11.8 Å². The standard InChI is InChI=1S/C60H100N8O14/c1-56(2,3)78-50(71)36-46(63-53(74)43-17-16-25-68(39-43)49(70)21-18-42-22-26-67(27-23-42)55(76)82-60(13,14)15)44-35-45(38-61-37-44)77-34-24-62-48(69)20-19-47(54(75)81-59(10,11)12)66-32-30-64(40-51(72)79-57(4,5)6)28-29-65(31-33-66)41-52(73)80-58(7,8)9/h35,37-38,42-43,46-47H,16-34,36,39-41H2,1-15H3,(H,62,69)(H,63,74)/t43-,46+,47?/m1/s1. The number of nitrogens with one attached hydrogen (secondary N) is 2. The molecule has 4 heterocycles. The molecule has 464 valence electrons. The van der Waals surface area contributed by atoms with Crippen molar-refractivity contribution >= 4 is 47.7 Å². The predicted molar refractivity (Wildman–Crippen MR) is 308 cm³/mol. The fraction of sp³-hybridized carbons (Fsp3) is 0.783. The van der Waals surface area contributed by atoms with E-state index in [2.05, 4.69) is 15.6 Å². The zero-order valence-corrected chi connectivity index (χ0v) is 52.2. The van der Waals surface area contributed by atoms with Crippen LogP contribution in [-0.4, -0.2) is 203 Å². The van der Waals surface area contributed by atoms with Gasteiger partial charge in [-0.15, -0.1) is 0 Å². The Labute approximate surface area is 488 Å². The van der Waals surface area contributed by atoms with E-state index in [4.69, 9.17) is 28.4 Å². The molecule has 0 spiro atoms. The molecule has 3 aliphatic rings. The number of hydrogen-bond donors (Lipinski definition) is 2. The number of amides is 4. The van der Waals surface area contributed by atoms with E-state index in [1.807, 2.05) is 35.5 Å². The topological polar surface area (TPSA) is 245 Å². The number of rotatable bonds is 21. The number of likely N-dealkylation sites (tertiary alicyclic amines) is 2. The third kappa shape index (κ3) is 27.2. The summed E-state index contributed by atoms with van der Waals surface area (Å²) in [5.74, 6) is -2.32. The van der Waals surface area contributed by atoms with Gasteiger partial charge in [0, 0.05) is 84.5 Å². The molecule has 22 nitrogen and oxygen atoms in total. The first-order chi connectivity index (χ1) is 38.0. The first-order valence-electron chi connectivity index (χ1n) is 29.5. The molecule has 3 aliphatic heterocycles. The lowest BCUT2D eigenvalue weighted by Crippen LogP contribution is -2.49. The summed E-state index contributed by atoms with van der Waals surface area (Å²) in [6.45, 7) is 31.5. The molecule has 22 heteroatoms. The summed E-state index contributed by atoms with van der Waals surface area (Å²) in [6, 6.07) is -0.000269. The molecule has 2 N–H and O–H groups in total. The average molecular weight is 1160 g/mol. The van der Waals surface area contributed by atoms with Crippen LogP contribution < -0.4 is 15.4 Å². The van der Waals surface area contributed by atoms with E-state index in [1.54, 1.807) is 105 Å². The monoisotopic (exact) mass is 1160 g/mol. The van der Waals surface area contributed by atoms with Crippen molar-refractivity contribution in [3.05, 3.63) is 24.0 Å². The Hall–Kier alpha value is -5.61. The highest BCUT2D eigenvalue weighted by Crippen LogP contribution is 2.28. The van der Waals surface area contributed by atoms with Gasteiger partial charge in [-0.2, -0.15) is 0 Å². The summed E-state index contributed by atoms with van der Waals surface area (Å²) < 4.78 is 34.4. The van der Waals surface area contributed by atoms with Crippen molar-refractivity contribution in [3.8, 4) is 5.75 Å². The maximum atomic E-state index is 14.1. The van der Waals surface area contributed by atoms with Crippen molar-refractivity contribution < 1.29 is 66.8 Å². The van der Waals surface area contributed by atoms with Crippen LogP contribution in [0.15, 0.2) is 18.5 Å². The van der Waals surface area contributed by atoms with E-state index in [-0.39, 0.29) is 75.9 Å². The summed E-state index contributed by atoms with van der Waals surface area (Å²) in [5, 5.41) is 5.94.